The molecule has 1 aliphatic carbocycles. The van der Waals surface area contributed by atoms with Gasteiger partial charge in [-0.3, -0.25) is 9.59 Å². The van der Waals surface area contributed by atoms with E-state index in [0.717, 1.165) is 25.0 Å². The summed E-state index contributed by atoms with van der Waals surface area (Å²) in [6.45, 7) is 1.62. The fraction of sp³-hybridized carbons (Fsp3) is 0.529. The van der Waals surface area contributed by atoms with Crippen molar-refractivity contribution >= 4 is 11.8 Å². The van der Waals surface area contributed by atoms with Crippen LogP contribution in [0.5, 0.6) is 5.75 Å². The fourth-order valence-corrected chi connectivity index (χ4v) is 2.86. The molecule has 0 spiro atoms. The molecular weight excluding hydrogens is 280 g/mol. The summed E-state index contributed by atoms with van der Waals surface area (Å²) in [5.74, 6) is 1.19. The Hall–Kier alpha value is -2.04. The molecule has 0 bridgehead atoms. The van der Waals surface area contributed by atoms with E-state index in [1.54, 1.807) is 4.90 Å². The second-order valence-corrected chi connectivity index (χ2v) is 6.04. The van der Waals surface area contributed by atoms with Gasteiger partial charge in [-0.2, -0.15) is 0 Å². The van der Waals surface area contributed by atoms with Crippen LogP contribution in [0.15, 0.2) is 30.3 Å². The van der Waals surface area contributed by atoms with Gasteiger partial charge in [-0.15, -0.1) is 0 Å². The summed E-state index contributed by atoms with van der Waals surface area (Å²) in [7, 11) is 0. The molecule has 1 saturated heterocycles. The first-order chi connectivity index (χ1) is 10.7. The van der Waals surface area contributed by atoms with Crippen LogP contribution in [0.2, 0.25) is 0 Å². The number of nitrogens with zero attached hydrogens (tertiary/aromatic N) is 1. The SMILES string of the molecule is O=C(N[C@@H]1CC(=O)N(CCOc2ccccc2)C1)C1CCC1. The summed E-state index contributed by atoms with van der Waals surface area (Å²) in [6.07, 6.45) is 3.52. The van der Waals surface area contributed by atoms with Crippen molar-refractivity contribution < 1.29 is 14.3 Å². The van der Waals surface area contributed by atoms with Gasteiger partial charge in [-0.25, -0.2) is 0 Å². The molecule has 5 nitrogen and oxygen atoms in total. The number of hydrogen-bond acceptors (Lipinski definition) is 3. The summed E-state index contributed by atoms with van der Waals surface area (Å²) in [5, 5.41) is 3.01. The molecule has 1 atom stereocenters. The Bertz CT molecular complexity index is 528. The van der Waals surface area contributed by atoms with Crippen LogP contribution < -0.4 is 10.1 Å². The lowest BCUT2D eigenvalue weighted by Gasteiger charge is -2.26. The van der Waals surface area contributed by atoms with Crippen molar-refractivity contribution in [1.29, 1.82) is 0 Å². The molecule has 1 saturated carbocycles. The number of carbonyl (C=O) groups is 2. The van der Waals surface area contributed by atoms with E-state index in [0.29, 0.717) is 26.1 Å². The van der Waals surface area contributed by atoms with E-state index in [4.69, 9.17) is 4.74 Å². The number of nitrogens with one attached hydrogen (secondary N) is 1. The van der Waals surface area contributed by atoms with Crippen molar-refractivity contribution in [3.8, 4) is 5.75 Å². The summed E-state index contributed by atoms with van der Waals surface area (Å²) in [5.41, 5.74) is 0. The minimum atomic E-state index is -0.0441. The lowest BCUT2D eigenvalue weighted by atomic mass is 9.84. The third-order valence-corrected chi connectivity index (χ3v) is 4.41. The topological polar surface area (TPSA) is 58.6 Å². The molecule has 3 rings (SSSR count). The zero-order valence-electron chi connectivity index (χ0n) is 12.7. The van der Waals surface area contributed by atoms with E-state index in [-0.39, 0.29) is 23.8 Å². The second kappa shape index (κ2) is 6.81. The number of hydrogen-bond donors (Lipinski definition) is 1. The van der Waals surface area contributed by atoms with Crippen LogP contribution in [0, 0.1) is 5.92 Å². The smallest absolute Gasteiger partial charge is 0.224 e. The number of amides is 2. The maximum atomic E-state index is 12.0. The Kier molecular flexibility index (Phi) is 4.61. The molecule has 1 heterocycles. The van der Waals surface area contributed by atoms with Crippen molar-refractivity contribution in [1.82, 2.24) is 10.2 Å². The standard InChI is InChI=1S/C17H22N2O3/c20-16-11-14(18-17(21)13-5-4-6-13)12-19(16)9-10-22-15-7-2-1-3-8-15/h1-3,7-8,13-14H,4-6,9-12H2,(H,18,21)/t14-/m1/s1. The Morgan fingerprint density at radius 1 is 1.27 bits per heavy atom. The van der Waals surface area contributed by atoms with Crippen LogP contribution in [0.25, 0.3) is 0 Å². The summed E-state index contributed by atoms with van der Waals surface area (Å²) in [6, 6.07) is 9.52. The number of benzene rings is 1. The van der Waals surface area contributed by atoms with Crippen molar-refractivity contribution in [2.45, 2.75) is 31.7 Å². The van der Waals surface area contributed by atoms with Gasteiger partial charge < -0.3 is 15.0 Å². The van der Waals surface area contributed by atoms with E-state index in [1.165, 1.54) is 0 Å². The molecule has 2 fully saturated rings. The summed E-state index contributed by atoms with van der Waals surface area (Å²) < 4.78 is 5.62. The normalized spacial score (nSPS) is 21.5. The van der Waals surface area contributed by atoms with Gasteiger partial charge in [0, 0.05) is 18.9 Å². The maximum absolute atomic E-state index is 12.0. The van der Waals surface area contributed by atoms with Crippen LogP contribution >= 0.6 is 0 Å². The molecule has 1 aromatic carbocycles. The molecule has 1 aliphatic heterocycles. The largest absolute Gasteiger partial charge is 0.492 e. The third-order valence-electron chi connectivity index (χ3n) is 4.41. The Morgan fingerprint density at radius 3 is 2.73 bits per heavy atom. The molecular formula is C17H22N2O3. The molecule has 0 unspecified atom stereocenters. The van der Waals surface area contributed by atoms with E-state index < -0.39 is 0 Å². The van der Waals surface area contributed by atoms with Crippen molar-refractivity contribution in [2.24, 2.45) is 5.92 Å². The van der Waals surface area contributed by atoms with Gasteiger partial charge in [-0.05, 0) is 25.0 Å². The number of rotatable bonds is 6. The minimum Gasteiger partial charge on any atom is -0.492 e. The first-order valence-corrected chi connectivity index (χ1v) is 7.98. The van der Waals surface area contributed by atoms with Crippen LogP contribution in [-0.2, 0) is 9.59 Å². The average molecular weight is 302 g/mol. The Balaban J connectivity index is 1.40. The number of likely N-dealkylation sites (tertiary alicyclic amines) is 1. The highest BCUT2D eigenvalue weighted by molar-refractivity contribution is 5.83. The molecule has 0 aromatic heterocycles. The molecule has 22 heavy (non-hydrogen) atoms. The maximum Gasteiger partial charge on any atom is 0.224 e. The van der Waals surface area contributed by atoms with E-state index in [9.17, 15) is 9.59 Å². The van der Waals surface area contributed by atoms with Crippen LogP contribution in [0.3, 0.4) is 0 Å². The zero-order valence-corrected chi connectivity index (χ0v) is 12.7. The van der Waals surface area contributed by atoms with Gasteiger partial charge in [0.2, 0.25) is 11.8 Å². The van der Waals surface area contributed by atoms with Crippen molar-refractivity contribution in [3.63, 3.8) is 0 Å². The number of para-hydroxylation sites is 1. The van der Waals surface area contributed by atoms with Crippen LogP contribution in [-0.4, -0.2) is 42.5 Å². The van der Waals surface area contributed by atoms with Gasteiger partial charge in [0.1, 0.15) is 12.4 Å². The van der Waals surface area contributed by atoms with E-state index in [2.05, 4.69) is 5.32 Å². The Labute approximate surface area is 130 Å². The predicted molar refractivity (Wildman–Crippen MR) is 82.4 cm³/mol. The van der Waals surface area contributed by atoms with Crippen molar-refractivity contribution in [3.05, 3.63) is 30.3 Å². The van der Waals surface area contributed by atoms with Gasteiger partial charge >= 0.3 is 0 Å². The summed E-state index contributed by atoms with van der Waals surface area (Å²) >= 11 is 0. The average Bonchev–Trinajstić information content (AvgIpc) is 2.78. The first-order valence-electron chi connectivity index (χ1n) is 7.98. The second-order valence-electron chi connectivity index (χ2n) is 6.04. The highest BCUT2D eigenvalue weighted by atomic mass is 16.5. The molecule has 5 heteroatoms. The van der Waals surface area contributed by atoms with Crippen LogP contribution in [0.4, 0.5) is 0 Å². The highest BCUT2D eigenvalue weighted by Gasteiger charge is 2.33. The molecule has 0 radical (unpaired) electrons. The van der Waals surface area contributed by atoms with Gasteiger partial charge in [0.15, 0.2) is 0 Å². The summed E-state index contributed by atoms with van der Waals surface area (Å²) in [4.78, 5) is 25.7. The minimum absolute atomic E-state index is 0.0441. The highest BCUT2D eigenvalue weighted by Crippen LogP contribution is 2.26. The molecule has 1 aromatic rings. The molecule has 118 valence electrons. The van der Waals surface area contributed by atoms with Gasteiger partial charge in [-0.1, -0.05) is 24.6 Å². The zero-order chi connectivity index (χ0) is 15.4. The molecule has 2 amide bonds. The lowest BCUT2D eigenvalue weighted by Crippen LogP contribution is -2.42. The lowest BCUT2D eigenvalue weighted by molar-refractivity contribution is -0.128. The van der Waals surface area contributed by atoms with Crippen LogP contribution in [0.1, 0.15) is 25.7 Å². The molecule has 2 aliphatic rings. The monoisotopic (exact) mass is 302 g/mol. The van der Waals surface area contributed by atoms with Crippen molar-refractivity contribution in [2.75, 3.05) is 19.7 Å². The van der Waals surface area contributed by atoms with Gasteiger partial charge in [0.25, 0.3) is 0 Å². The number of carbonyl (C=O) groups excluding carboxylic acids is 2. The van der Waals surface area contributed by atoms with E-state index >= 15 is 0 Å². The number of ether oxygens (including phenoxy) is 1. The third kappa shape index (κ3) is 3.59. The quantitative estimate of drug-likeness (QED) is 0.868. The molecule has 1 N–H and O–H groups in total. The van der Waals surface area contributed by atoms with E-state index in [1.807, 2.05) is 30.3 Å². The van der Waals surface area contributed by atoms with Gasteiger partial charge in [0.05, 0.1) is 12.6 Å². The Morgan fingerprint density at radius 2 is 2.05 bits per heavy atom. The predicted octanol–water partition coefficient (Wildman–Crippen LogP) is 1.58. The fourth-order valence-electron chi connectivity index (χ4n) is 2.86. The first kappa shape index (κ1) is 14.9.